The van der Waals surface area contributed by atoms with E-state index in [9.17, 15) is 35.1 Å². The fraction of sp³-hybridized carbons (Fsp3) is 0.419. The average Bonchev–Trinajstić information content (AvgIpc) is 3.57. The second kappa shape index (κ2) is 13.5. The monoisotopic (exact) mass is 623 g/mol. The van der Waals surface area contributed by atoms with Crippen molar-refractivity contribution in [1.82, 2.24) is 15.0 Å². The smallest absolute Gasteiger partial charge is 0.264 e. The lowest BCUT2D eigenvalue weighted by molar-refractivity contribution is -0.274. The van der Waals surface area contributed by atoms with Crippen molar-refractivity contribution in [3.05, 3.63) is 83.7 Å². The standard InChI is InChI=1S/C31H37N5O9/c1-18(7-4-5-13-35-17-21(12-14-37)33-34-35)31(44)22-10-2-3-11-23(22)36(30(31)43)16-19-8-6-9-20(15-19)32-28(41)27-25(39)24(38)26(40)29(42)45-27/h2-4,6-11,15,17-18,24-27,29,37-40,42,44H,5,12-14,16H2,1H3,(H,32,41)/b7-4+/t18-,24-,25-,26+,27-,29+,31+/m0/s1. The van der Waals surface area contributed by atoms with Gasteiger partial charge < -0.3 is 45.6 Å². The van der Waals surface area contributed by atoms with Crippen LogP contribution in [-0.4, -0.2) is 94.8 Å². The molecular weight excluding hydrogens is 586 g/mol. The molecule has 0 radical (unpaired) electrons. The van der Waals surface area contributed by atoms with E-state index in [0.717, 1.165) is 0 Å². The van der Waals surface area contributed by atoms with Crippen molar-refractivity contribution >= 4 is 23.2 Å². The van der Waals surface area contributed by atoms with Crippen molar-refractivity contribution in [1.29, 1.82) is 0 Å². The number of amides is 2. The number of aliphatic hydroxyl groups excluding tert-OH is 5. The Morgan fingerprint density at radius 1 is 1.11 bits per heavy atom. The first-order valence-corrected chi connectivity index (χ1v) is 14.6. The highest BCUT2D eigenvalue weighted by molar-refractivity contribution is 6.07. The number of ether oxygens (including phenoxy) is 1. The number of nitrogens with zero attached hydrogens (tertiary/aromatic N) is 4. The Kier molecular flexibility index (Phi) is 9.74. The Balaban J connectivity index is 1.27. The number of hydrogen-bond acceptors (Lipinski definition) is 11. The summed E-state index contributed by atoms with van der Waals surface area (Å²) >= 11 is 0. The topological polar surface area (TPSA) is 211 Å². The van der Waals surface area contributed by atoms with E-state index in [-0.39, 0.29) is 13.2 Å². The maximum Gasteiger partial charge on any atom is 0.264 e. The Morgan fingerprint density at radius 2 is 1.89 bits per heavy atom. The van der Waals surface area contributed by atoms with Gasteiger partial charge in [-0.2, -0.15) is 0 Å². The molecule has 0 unspecified atom stereocenters. The van der Waals surface area contributed by atoms with E-state index in [1.807, 2.05) is 6.08 Å². The molecule has 3 heterocycles. The van der Waals surface area contributed by atoms with Gasteiger partial charge in [0.2, 0.25) is 0 Å². The number of carbonyl (C=O) groups is 2. The first-order chi connectivity index (χ1) is 21.5. The van der Waals surface area contributed by atoms with Crippen molar-refractivity contribution in [2.24, 2.45) is 5.92 Å². The van der Waals surface area contributed by atoms with Crippen molar-refractivity contribution in [3.63, 3.8) is 0 Å². The number of fused-ring (bicyclic) bond motifs is 1. The lowest BCUT2D eigenvalue weighted by Crippen LogP contribution is -2.60. The van der Waals surface area contributed by atoms with Gasteiger partial charge in [0.1, 0.15) is 18.3 Å². The molecule has 2 aliphatic heterocycles. The maximum atomic E-state index is 13.9. The minimum absolute atomic E-state index is 0.00590. The van der Waals surface area contributed by atoms with Gasteiger partial charge in [-0.25, -0.2) is 0 Å². The molecule has 2 aliphatic rings. The third-order valence-electron chi connectivity index (χ3n) is 8.12. The Morgan fingerprint density at radius 3 is 2.67 bits per heavy atom. The zero-order valence-corrected chi connectivity index (χ0v) is 24.5. The van der Waals surface area contributed by atoms with E-state index in [1.165, 1.54) is 4.90 Å². The molecule has 0 saturated carbocycles. The molecule has 7 atom stereocenters. The van der Waals surface area contributed by atoms with E-state index < -0.39 is 54.0 Å². The molecule has 45 heavy (non-hydrogen) atoms. The van der Waals surface area contributed by atoms with Crippen molar-refractivity contribution < 1.29 is 45.0 Å². The number of aryl methyl sites for hydroxylation is 1. The first-order valence-electron chi connectivity index (χ1n) is 14.6. The van der Waals surface area contributed by atoms with Crippen LogP contribution in [0.25, 0.3) is 0 Å². The molecule has 0 aliphatic carbocycles. The third-order valence-corrected chi connectivity index (χ3v) is 8.12. The molecule has 14 heteroatoms. The Hall–Kier alpha value is -4.02. The number of allylic oxidation sites excluding steroid dienone is 1. The predicted molar refractivity (Wildman–Crippen MR) is 159 cm³/mol. The fourth-order valence-electron chi connectivity index (χ4n) is 5.60. The summed E-state index contributed by atoms with van der Waals surface area (Å²) in [5, 5.41) is 71.1. The van der Waals surface area contributed by atoms with Gasteiger partial charge in [0.15, 0.2) is 18.0 Å². The fourth-order valence-corrected chi connectivity index (χ4v) is 5.60. The Bertz CT molecular complexity index is 1550. The van der Waals surface area contributed by atoms with E-state index >= 15 is 0 Å². The summed E-state index contributed by atoms with van der Waals surface area (Å²) in [6, 6.07) is 13.6. The van der Waals surface area contributed by atoms with Gasteiger partial charge in [-0.1, -0.05) is 54.6 Å². The van der Waals surface area contributed by atoms with Crippen LogP contribution in [0, 0.1) is 5.92 Å². The predicted octanol–water partition coefficient (Wildman–Crippen LogP) is -0.432. The molecule has 0 spiro atoms. The summed E-state index contributed by atoms with van der Waals surface area (Å²) in [5.74, 6) is -1.93. The summed E-state index contributed by atoms with van der Waals surface area (Å²) in [7, 11) is 0. The molecule has 240 valence electrons. The number of aliphatic hydroxyl groups is 6. The largest absolute Gasteiger partial charge is 0.396 e. The maximum absolute atomic E-state index is 13.9. The van der Waals surface area contributed by atoms with Gasteiger partial charge in [-0.05, 0) is 30.2 Å². The van der Waals surface area contributed by atoms with Crippen LogP contribution in [0.15, 0.2) is 66.9 Å². The summed E-state index contributed by atoms with van der Waals surface area (Å²) < 4.78 is 6.67. The molecule has 1 saturated heterocycles. The number of hydrogen-bond donors (Lipinski definition) is 7. The molecule has 2 aromatic carbocycles. The molecular formula is C31H37N5O9. The van der Waals surface area contributed by atoms with Gasteiger partial charge in [0.25, 0.3) is 11.8 Å². The van der Waals surface area contributed by atoms with Crippen LogP contribution in [0.1, 0.15) is 30.2 Å². The number of benzene rings is 2. The van der Waals surface area contributed by atoms with Crippen LogP contribution in [0.4, 0.5) is 11.4 Å². The summed E-state index contributed by atoms with van der Waals surface area (Å²) in [6.45, 7) is 2.38. The molecule has 1 aromatic heterocycles. The molecule has 7 N–H and O–H groups in total. The number of anilines is 2. The molecule has 5 rings (SSSR count). The molecule has 0 bridgehead atoms. The second-order valence-corrected chi connectivity index (χ2v) is 11.2. The number of para-hydroxylation sites is 1. The number of rotatable bonds is 11. The number of aromatic nitrogens is 3. The highest BCUT2D eigenvalue weighted by Crippen LogP contribution is 2.45. The van der Waals surface area contributed by atoms with Crippen LogP contribution in [0.5, 0.6) is 0 Å². The normalized spacial score (nSPS) is 27.1. The van der Waals surface area contributed by atoms with E-state index in [1.54, 1.807) is 72.4 Å². The zero-order chi connectivity index (χ0) is 32.3. The zero-order valence-electron chi connectivity index (χ0n) is 24.5. The second-order valence-electron chi connectivity index (χ2n) is 11.2. The van der Waals surface area contributed by atoms with Gasteiger partial charge in [-0.15, -0.1) is 5.10 Å². The van der Waals surface area contributed by atoms with Gasteiger partial charge >= 0.3 is 0 Å². The van der Waals surface area contributed by atoms with E-state index in [4.69, 9.17) is 9.84 Å². The average molecular weight is 624 g/mol. The van der Waals surface area contributed by atoms with Crippen LogP contribution in [0.3, 0.4) is 0 Å². The summed E-state index contributed by atoms with van der Waals surface area (Å²) in [5.41, 5.74) is 0.829. The lowest BCUT2D eigenvalue weighted by Gasteiger charge is -2.37. The van der Waals surface area contributed by atoms with Gasteiger partial charge in [-0.3, -0.25) is 14.3 Å². The van der Waals surface area contributed by atoms with Crippen molar-refractivity contribution in [2.45, 2.75) is 69.2 Å². The lowest BCUT2D eigenvalue weighted by atomic mass is 9.83. The molecule has 14 nitrogen and oxygen atoms in total. The summed E-state index contributed by atoms with van der Waals surface area (Å²) in [6.07, 6.45) is -2.36. The highest BCUT2D eigenvalue weighted by Gasteiger charge is 2.52. The number of carbonyl (C=O) groups excluding carboxylic acids is 2. The SMILES string of the molecule is C[C@@H](/C=C/CCn1cc(CCO)nn1)[C@]1(O)C(=O)N(Cc2cccc(NC(=O)[C@H]3O[C@@H](O)[C@H](O)[C@@H](O)[C@@H]3O)c2)c2ccccc21. The highest BCUT2D eigenvalue weighted by atomic mass is 16.6. The van der Waals surface area contributed by atoms with E-state index in [0.29, 0.717) is 47.6 Å². The van der Waals surface area contributed by atoms with Gasteiger partial charge in [0.05, 0.1) is 17.9 Å². The minimum atomic E-state index is -1.86. The van der Waals surface area contributed by atoms with E-state index in [2.05, 4.69) is 15.6 Å². The van der Waals surface area contributed by atoms with Gasteiger partial charge in [0, 0.05) is 42.9 Å². The molecule has 2 amide bonds. The number of nitrogens with one attached hydrogen (secondary N) is 1. The van der Waals surface area contributed by atoms with Crippen molar-refractivity contribution in [2.75, 3.05) is 16.8 Å². The first kappa shape index (κ1) is 32.4. The van der Waals surface area contributed by atoms with Crippen molar-refractivity contribution in [3.8, 4) is 0 Å². The third kappa shape index (κ3) is 6.53. The molecule has 3 aromatic rings. The van der Waals surface area contributed by atoms with Crippen LogP contribution < -0.4 is 10.2 Å². The summed E-state index contributed by atoms with van der Waals surface area (Å²) in [4.78, 5) is 28.1. The minimum Gasteiger partial charge on any atom is -0.396 e. The Labute approximate surface area is 258 Å². The quantitative estimate of drug-likeness (QED) is 0.136. The van der Waals surface area contributed by atoms with Crippen LogP contribution >= 0.6 is 0 Å². The van der Waals surface area contributed by atoms with Crippen LogP contribution in [0.2, 0.25) is 0 Å². The molecule has 1 fully saturated rings. The van der Waals surface area contributed by atoms with Crippen LogP contribution in [-0.2, 0) is 39.4 Å².